The quantitative estimate of drug-likeness (QED) is 0.866. The highest BCUT2D eigenvalue weighted by Gasteiger charge is 2.25. The van der Waals surface area contributed by atoms with Crippen molar-refractivity contribution in [3.63, 3.8) is 0 Å². The van der Waals surface area contributed by atoms with Crippen LogP contribution in [0.3, 0.4) is 0 Å². The molecular formula is C14H26N2O. The van der Waals surface area contributed by atoms with Gasteiger partial charge in [0.15, 0.2) is 5.75 Å². The Kier molecular flexibility index (Phi) is 4.23. The fraction of sp³-hybridized carbons (Fsp3) is 0.786. The highest BCUT2D eigenvalue weighted by molar-refractivity contribution is 5.35. The third kappa shape index (κ3) is 3.02. The van der Waals surface area contributed by atoms with Gasteiger partial charge in [-0.15, -0.1) is 0 Å². The van der Waals surface area contributed by atoms with Gasteiger partial charge >= 0.3 is 0 Å². The van der Waals surface area contributed by atoms with E-state index in [1.54, 1.807) is 0 Å². The van der Waals surface area contributed by atoms with E-state index in [0.29, 0.717) is 5.75 Å². The van der Waals surface area contributed by atoms with Gasteiger partial charge in [-0.1, -0.05) is 27.2 Å². The van der Waals surface area contributed by atoms with Crippen molar-refractivity contribution in [2.45, 2.75) is 72.3 Å². The highest BCUT2D eigenvalue weighted by Crippen LogP contribution is 2.33. The third-order valence-corrected chi connectivity index (χ3v) is 2.91. The van der Waals surface area contributed by atoms with Crippen LogP contribution in [0.15, 0.2) is 0 Å². The van der Waals surface area contributed by atoms with Crippen LogP contribution in [-0.4, -0.2) is 14.9 Å². The van der Waals surface area contributed by atoms with Crippen LogP contribution >= 0.6 is 0 Å². The molecule has 0 atom stereocenters. The zero-order chi connectivity index (χ0) is 13.2. The molecule has 98 valence electrons. The lowest BCUT2D eigenvalue weighted by molar-refractivity contribution is 0.333. The van der Waals surface area contributed by atoms with Crippen LogP contribution in [-0.2, 0) is 12.0 Å². The second kappa shape index (κ2) is 5.11. The van der Waals surface area contributed by atoms with E-state index in [0.717, 1.165) is 30.7 Å². The molecule has 0 fully saturated rings. The number of aryl methyl sites for hydroxylation is 1. The summed E-state index contributed by atoms with van der Waals surface area (Å²) < 4.78 is 1.98. The molecule has 1 aromatic heterocycles. The lowest BCUT2D eigenvalue weighted by atomic mass is 10.0. The zero-order valence-electron chi connectivity index (χ0n) is 12.0. The van der Waals surface area contributed by atoms with E-state index >= 15 is 0 Å². The SMILES string of the molecule is CCCCc1nn(C(C)(C)C)c(C(C)C)c1O. The molecule has 0 aromatic carbocycles. The third-order valence-electron chi connectivity index (χ3n) is 2.91. The summed E-state index contributed by atoms with van der Waals surface area (Å²) in [7, 11) is 0. The molecule has 0 aliphatic carbocycles. The summed E-state index contributed by atoms with van der Waals surface area (Å²) in [6.45, 7) is 12.7. The van der Waals surface area contributed by atoms with E-state index < -0.39 is 0 Å². The van der Waals surface area contributed by atoms with Crippen molar-refractivity contribution in [2.75, 3.05) is 0 Å². The maximum atomic E-state index is 10.3. The van der Waals surface area contributed by atoms with Crippen LogP contribution in [0.25, 0.3) is 0 Å². The van der Waals surface area contributed by atoms with E-state index in [4.69, 9.17) is 0 Å². The summed E-state index contributed by atoms with van der Waals surface area (Å²) in [6, 6.07) is 0. The Hall–Kier alpha value is -0.990. The first-order valence-electron chi connectivity index (χ1n) is 6.60. The molecule has 0 radical (unpaired) electrons. The molecule has 0 amide bonds. The van der Waals surface area contributed by atoms with E-state index in [1.807, 2.05) is 4.68 Å². The van der Waals surface area contributed by atoms with Crippen molar-refractivity contribution in [1.29, 1.82) is 0 Å². The summed E-state index contributed by atoms with van der Waals surface area (Å²) in [4.78, 5) is 0. The van der Waals surface area contributed by atoms with Crippen LogP contribution < -0.4 is 0 Å². The summed E-state index contributed by atoms with van der Waals surface area (Å²) in [5, 5.41) is 14.9. The van der Waals surface area contributed by atoms with Crippen LogP contribution in [0.5, 0.6) is 5.75 Å². The maximum absolute atomic E-state index is 10.3. The Balaban J connectivity index is 3.20. The van der Waals surface area contributed by atoms with Crippen LogP contribution in [0.4, 0.5) is 0 Å². The number of hydrogen-bond acceptors (Lipinski definition) is 2. The molecule has 0 aliphatic rings. The maximum Gasteiger partial charge on any atom is 0.160 e. The fourth-order valence-corrected chi connectivity index (χ4v) is 2.01. The summed E-state index contributed by atoms with van der Waals surface area (Å²) in [6.07, 6.45) is 3.07. The number of aromatic nitrogens is 2. The molecule has 0 saturated heterocycles. The first kappa shape index (κ1) is 14.1. The summed E-state index contributed by atoms with van der Waals surface area (Å²) in [5.41, 5.74) is 1.73. The van der Waals surface area contributed by atoms with Crippen LogP contribution in [0.1, 0.15) is 71.7 Å². The number of hydrogen-bond donors (Lipinski definition) is 1. The standard InChI is InChI=1S/C14H26N2O/c1-7-8-9-11-13(17)12(10(2)3)16(15-11)14(4,5)6/h10,17H,7-9H2,1-6H3. The molecule has 1 rings (SSSR count). The minimum Gasteiger partial charge on any atom is -0.504 e. The van der Waals surface area contributed by atoms with Crippen LogP contribution in [0, 0.1) is 0 Å². The van der Waals surface area contributed by atoms with E-state index in [-0.39, 0.29) is 11.5 Å². The van der Waals surface area contributed by atoms with Crippen molar-refractivity contribution in [1.82, 2.24) is 9.78 Å². The van der Waals surface area contributed by atoms with Crippen molar-refractivity contribution in [2.24, 2.45) is 0 Å². The normalized spacial score (nSPS) is 12.4. The number of nitrogens with zero attached hydrogens (tertiary/aromatic N) is 2. The lowest BCUT2D eigenvalue weighted by Gasteiger charge is -2.23. The van der Waals surface area contributed by atoms with Gasteiger partial charge in [0.1, 0.15) is 5.69 Å². The Morgan fingerprint density at radius 2 is 1.88 bits per heavy atom. The monoisotopic (exact) mass is 238 g/mol. The van der Waals surface area contributed by atoms with Gasteiger partial charge in [-0.25, -0.2) is 0 Å². The molecule has 0 saturated carbocycles. The number of unbranched alkanes of at least 4 members (excludes halogenated alkanes) is 1. The molecule has 0 bridgehead atoms. The van der Waals surface area contributed by atoms with Gasteiger partial charge in [0.25, 0.3) is 0 Å². The Morgan fingerprint density at radius 3 is 2.24 bits per heavy atom. The Labute approximate surface area is 105 Å². The van der Waals surface area contributed by atoms with Crippen molar-refractivity contribution in [3.8, 4) is 5.75 Å². The molecule has 3 heteroatoms. The molecule has 0 aliphatic heterocycles. The average molecular weight is 238 g/mol. The zero-order valence-corrected chi connectivity index (χ0v) is 12.0. The van der Waals surface area contributed by atoms with E-state index in [9.17, 15) is 5.11 Å². The average Bonchev–Trinajstić information content (AvgIpc) is 2.52. The highest BCUT2D eigenvalue weighted by atomic mass is 16.3. The summed E-state index contributed by atoms with van der Waals surface area (Å²) >= 11 is 0. The second-order valence-electron chi connectivity index (χ2n) is 6.02. The first-order chi connectivity index (χ1) is 7.79. The predicted octanol–water partition coefficient (Wildman–Crippen LogP) is 3.81. The van der Waals surface area contributed by atoms with Gasteiger partial charge < -0.3 is 5.11 Å². The van der Waals surface area contributed by atoms with Crippen molar-refractivity contribution in [3.05, 3.63) is 11.4 Å². The Morgan fingerprint density at radius 1 is 1.29 bits per heavy atom. The lowest BCUT2D eigenvalue weighted by Crippen LogP contribution is -2.26. The van der Waals surface area contributed by atoms with Gasteiger partial charge in [-0.05, 0) is 39.5 Å². The van der Waals surface area contributed by atoms with E-state index in [2.05, 4.69) is 46.6 Å². The Bertz CT molecular complexity index is 372. The summed E-state index contributed by atoms with van der Waals surface area (Å²) in [5.74, 6) is 0.695. The molecule has 3 nitrogen and oxygen atoms in total. The predicted molar refractivity (Wildman–Crippen MR) is 71.6 cm³/mol. The largest absolute Gasteiger partial charge is 0.504 e. The number of aromatic hydroxyl groups is 1. The molecule has 1 N–H and O–H groups in total. The molecular weight excluding hydrogens is 212 g/mol. The smallest absolute Gasteiger partial charge is 0.160 e. The van der Waals surface area contributed by atoms with E-state index in [1.165, 1.54) is 0 Å². The topological polar surface area (TPSA) is 38.0 Å². The molecule has 1 heterocycles. The first-order valence-corrected chi connectivity index (χ1v) is 6.60. The van der Waals surface area contributed by atoms with Gasteiger partial charge in [-0.3, -0.25) is 4.68 Å². The van der Waals surface area contributed by atoms with Gasteiger partial charge in [0.05, 0.1) is 11.2 Å². The number of rotatable bonds is 4. The van der Waals surface area contributed by atoms with Gasteiger partial charge in [-0.2, -0.15) is 5.10 Å². The second-order valence-corrected chi connectivity index (χ2v) is 6.02. The van der Waals surface area contributed by atoms with Crippen molar-refractivity contribution < 1.29 is 5.11 Å². The minimum atomic E-state index is -0.0818. The molecule has 17 heavy (non-hydrogen) atoms. The molecule has 0 unspecified atom stereocenters. The molecule has 1 aromatic rings. The van der Waals surface area contributed by atoms with Gasteiger partial charge in [0, 0.05) is 0 Å². The van der Waals surface area contributed by atoms with Crippen LogP contribution in [0.2, 0.25) is 0 Å². The van der Waals surface area contributed by atoms with Gasteiger partial charge in [0.2, 0.25) is 0 Å². The fourth-order valence-electron chi connectivity index (χ4n) is 2.01. The minimum absolute atomic E-state index is 0.0818. The van der Waals surface area contributed by atoms with Crippen molar-refractivity contribution >= 4 is 0 Å². The molecule has 0 spiro atoms.